The molecule has 0 spiro atoms. The summed E-state index contributed by atoms with van der Waals surface area (Å²) in [5, 5.41) is 33.5. The van der Waals surface area contributed by atoms with Gasteiger partial charge in [-0.2, -0.15) is 5.26 Å². The van der Waals surface area contributed by atoms with Crippen LogP contribution in [0.2, 0.25) is 6.32 Å². The molecular formula is C30H40BN5O7. The number of alkyl carbamates (subject to hydrolysis) is 1. The Kier molecular flexibility index (Phi) is 9.73. The van der Waals surface area contributed by atoms with Crippen molar-refractivity contribution >= 4 is 29.9 Å². The summed E-state index contributed by atoms with van der Waals surface area (Å²) in [4.78, 5) is 32.7. The third kappa shape index (κ3) is 7.22. The van der Waals surface area contributed by atoms with Crippen molar-refractivity contribution < 1.29 is 33.5 Å². The van der Waals surface area contributed by atoms with E-state index in [4.69, 9.17) is 13.9 Å². The van der Waals surface area contributed by atoms with Crippen LogP contribution in [0.15, 0.2) is 46.6 Å². The highest BCUT2D eigenvalue weighted by molar-refractivity contribution is 6.41. The number of carbonyl (C=O) groups excluding carboxylic acids is 2. The SMILES string of the molecule is CC(C)(C=C(C#N)C(=O)N1CCC[C@@H]1COC(=O)NC(CB(O)O)c1occ2ccccc12)N1CCN(C2COC2)CC1. The molecule has 2 atom stereocenters. The Labute approximate surface area is 251 Å². The van der Waals surface area contributed by atoms with E-state index in [1.54, 1.807) is 17.2 Å². The summed E-state index contributed by atoms with van der Waals surface area (Å²) < 4.78 is 16.5. The number of nitrogens with zero attached hydrogens (tertiary/aromatic N) is 4. The molecule has 5 rings (SSSR count). The van der Waals surface area contributed by atoms with Gasteiger partial charge in [-0.15, -0.1) is 0 Å². The highest BCUT2D eigenvalue weighted by atomic mass is 16.5. The zero-order chi connectivity index (χ0) is 30.6. The van der Waals surface area contributed by atoms with E-state index >= 15 is 0 Å². The Balaban J connectivity index is 1.18. The van der Waals surface area contributed by atoms with Gasteiger partial charge in [0.2, 0.25) is 0 Å². The first-order chi connectivity index (χ1) is 20.7. The molecule has 0 radical (unpaired) electrons. The van der Waals surface area contributed by atoms with Gasteiger partial charge < -0.3 is 34.2 Å². The third-order valence-corrected chi connectivity index (χ3v) is 8.75. The van der Waals surface area contributed by atoms with Crippen LogP contribution in [-0.2, 0) is 14.3 Å². The highest BCUT2D eigenvalue weighted by Crippen LogP contribution is 2.29. The van der Waals surface area contributed by atoms with Gasteiger partial charge in [-0.25, -0.2) is 4.79 Å². The standard InChI is InChI=1S/C30H40BN5O7/c1-30(2,35-12-10-34(11-13-35)24-18-41-19-24)14-22(16-32)28(37)36-9-5-7-23(36)20-43-29(38)33-26(15-31(39)40)27-25-8-4-3-6-21(25)17-42-27/h3-4,6,8,14,17,23-24,26,39-40H,5,7,9-13,15,18-20H2,1-2H3,(H,33,38)/t23-,26?/m1/s1. The van der Waals surface area contributed by atoms with Crippen LogP contribution in [-0.4, -0.2) is 114 Å². The number of fused-ring (bicyclic) bond motifs is 1. The van der Waals surface area contributed by atoms with Gasteiger partial charge in [-0.05, 0) is 32.8 Å². The topological polar surface area (TPSA) is 152 Å². The van der Waals surface area contributed by atoms with Gasteiger partial charge in [0.25, 0.3) is 5.91 Å². The van der Waals surface area contributed by atoms with E-state index in [2.05, 4.69) is 21.2 Å². The van der Waals surface area contributed by atoms with Crippen LogP contribution >= 0.6 is 0 Å². The van der Waals surface area contributed by atoms with E-state index in [1.165, 1.54) is 0 Å². The Hall–Kier alpha value is -3.41. The molecule has 4 heterocycles. The minimum absolute atomic E-state index is 0.0557. The average Bonchev–Trinajstić information content (AvgIpc) is 3.61. The fraction of sp³-hybridized carbons (Fsp3) is 0.567. The molecular weight excluding hydrogens is 553 g/mol. The van der Waals surface area contributed by atoms with E-state index in [0.29, 0.717) is 24.8 Å². The lowest BCUT2D eigenvalue weighted by atomic mass is 9.80. The van der Waals surface area contributed by atoms with Crippen molar-refractivity contribution in [2.24, 2.45) is 0 Å². The fourth-order valence-electron chi connectivity index (χ4n) is 6.20. The number of furan rings is 1. The maximum absolute atomic E-state index is 13.5. The van der Waals surface area contributed by atoms with Crippen molar-refractivity contribution in [1.29, 1.82) is 5.26 Å². The van der Waals surface area contributed by atoms with Crippen molar-refractivity contribution in [3.8, 4) is 6.07 Å². The second-order valence-electron chi connectivity index (χ2n) is 12.0. The number of carbonyl (C=O) groups is 2. The zero-order valence-electron chi connectivity index (χ0n) is 24.8. The molecule has 13 heteroatoms. The average molecular weight is 593 g/mol. The molecule has 230 valence electrons. The van der Waals surface area contributed by atoms with Gasteiger partial charge in [-0.3, -0.25) is 14.6 Å². The van der Waals surface area contributed by atoms with Crippen molar-refractivity contribution in [3.63, 3.8) is 0 Å². The van der Waals surface area contributed by atoms with Crippen LogP contribution in [0.25, 0.3) is 10.8 Å². The van der Waals surface area contributed by atoms with E-state index in [-0.39, 0.29) is 30.4 Å². The first-order valence-corrected chi connectivity index (χ1v) is 14.9. The molecule has 1 aromatic carbocycles. The molecule has 1 unspecified atom stereocenters. The first-order valence-electron chi connectivity index (χ1n) is 14.9. The van der Waals surface area contributed by atoms with Gasteiger partial charge in [0, 0.05) is 55.4 Å². The number of hydrogen-bond donors (Lipinski definition) is 3. The summed E-state index contributed by atoms with van der Waals surface area (Å²) >= 11 is 0. The van der Waals surface area contributed by atoms with E-state index in [9.17, 15) is 24.9 Å². The summed E-state index contributed by atoms with van der Waals surface area (Å²) in [7, 11) is -1.68. The summed E-state index contributed by atoms with van der Waals surface area (Å²) in [6.07, 6.45) is 3.71. The third-order valence-electron chi connectivity index (χ3n) is 8.75. The number of ether oxygens (including phenoxy) is 2. The van der Waals surface area contributed by atoms with Crippen LogP contribution in [0.3, 0.4) is 0 Å². The summed E-state index contributed by atoms with van der Waals surface area (Å²) in [5.41, 5.74) is -0.408. The van der Waals surface area contributed by atoms with Gasteiger partial charge in [0.05, 0.1) is 37.6 Å². The van der Waals surface area contributed by atoms with Crippen molar-refractivity contribution in [3.05, 3.63) is 47.9 Å². The molecule has 3 fully saturated rings. The van der Waals surface area contributed by atoms with Crippen LogP contribution in [0.1, 0.15) is 38.5 Å². The molecule has 3 saturated heterocycles. The largest absolute Gasteiger partial charge is 0.466 e. The molecule has 3 aliphatic rings. The second-order valence-corrected chi connectivity index (χ2v) is 12.0. The maximum Gasteiger partial charge on any atom is 0.454 e. The Morgan fingerprint density at radius 2 is 1.95 bits per heavy atom. The number of amides is 2. The molecule has 3 N–H and O–H groups in total. The minimum atomic E-state index is -1.68. The lowest BCUT2D eigenvalue weighted by Crippen LogP contribution is -2.59. The number of likely N-dealkylation sites (tertiary alicyclic amines) is 1. The highest BCUT2D eigenvalue weighted by Gasteiger charge is 2.36. The molecule has 2 aromatic rings. The summed E-state index contributed by atoms with van der Waals surface area (Å²) in [5.74, 6) is 0.0267. The monoisotopic (exact) mass is 593 g/mol. The molecule has 0 saturated carbocycles. The van der Waals surface area contributed by atoms with Gasteiger partial charge in [0.1, 0.15) is 24.0 Å². The number of nitrogens with one attached hydrogen (secondary N) is 1. The summed E-state index contributed by atoms with van der Waals surface area (Å²) in [6.45, 7) is 9.54. The first kappa shape index (κ1) is 31.0. The fourth-order valence-corrected chi connectivity index (χ4v) is 6.20. The van der Waals surface area contributed by atoms with Crippen molar-refractivity contribution in [2.75, 3.05) is 52.5 Å². The van der Waals surface area contributed by atoms with Gasteiger partial charge in [-0.1, -0.05) is 24.3 Å². The normalized spacial score (nSPS) is 21.3. The molecule has 2 amide bonds. The number of hydrogen-bond acceptors (Lipinski definition) is 10. The van der Waals surface area contributed by atoms with E-state index in [0.717, 1.165) is 56.6 Å². The molecule has 3 aliphatic heterocycles. The van der Waals surface area contributed by atoms with E-state index < -0.39 is 24.8 Å². The van der Waals surface area contributed by atoms with E-state index in [1.807, 2.05) is 38.1 Å². The van der Waals surface area contributed by atoms with Crippen molar-refractivity contribution in [2.45, 2.75) is 56.7 Å². The Bertz CT molecular complexity index is 1360. The second kappa shape index (κ2) is 13.5. The zero-order valence-corrected chi connectivity index (χ0v) is 24.8. The van der Waals surface area contributed by atoms with Crippen LogP contribution in [0.4, 0.5) is 4.79 Å². The van der Waals surface area contributed by atoms with Gasteiger partial charge >= 0.3 is 13.2 Å². The number of piperazine rings is 1. The van der Waals surface area contributed by atoms with Crippen LogP contribution in [0, 0.1) is 11.3 Å². The van der Waals surface area contributed by atoms with Gasteiger partial charge in [0.15, 0.2) is 0 Å². The number of nitriles is 1. The smallest absolute Gasteiger partial charge is 0.454 e. The van der Waals surface area contributed by atoms with Crippen molar-refractivity contribution in [1.82, 2.24) is 20.0 Å². The molecule has 0 aliphatic carbocycles. The molecule has 12 nitrogen and oxygen atoms in total. The molecule has 43 heavy (non-hydrogen) atoms. The quantitative estimate of drug-likeness (QED) is 0.212. The van der Waals surface area contributed by atoms with Crippen LogP contribution < -0.4 is 5.32 Å². The number of benzene rings is 1. The number of rotatable bonds is 10. The Morgan fingerprint density at radius 1 is 1.21 bits per heavy atom. The lowest BCUT2D eigenvalue weighted by Gasteiger charge is -2.46. The molecule has 0 bridgehead atoms. The predicted octanol–water partition coefficient (Wildman–Crippen LogP) is 1.91. The maximum atomic E-state index is 13.5. The molecule has 1 aromatic heterocycles. The minimum Gasteiger partial charge on any atom is -0.466 e. The predicted molar refractivity (Wildman–Crippen MR) is 159 cm³/mol. The Morgan fingerprint density at radius 3 is 2.63 bits per heavy atom. The lowest BCUT2D eigenvalue weighted by molar-refractivity contribution is -0.128. The van der Waals surface area contributed by atoms with Crippen LogP contribution in [0.5, 0.6) is 0 Å². The summed E-state index contributed by atoms with van der Waals surface area (Å²) in [6, 6.07) is 8.76.